The van der Waals surface area contributed by atoms with Gasteiger partial charge in [-0.3, -0.25) is 4.68 Å². The number of aromatic nitrogens is 4. The molecule has 1 aliphatic rings. The first-order chi connectivity index (χ1) is 15.9. The van der Waals surface area contributed by atoms with Crippen molar-refractivity contribution in [2.75, 3.05) is 13.1 Å². The number of rotatable bonds is 5. The van der Waals surface area contributed by atoms with Gasteiger partial charge in [-0.25, -0.2) is 8.42 Å². The van der Waals surface area contributed by atoms with Crippen LogP contribution < -0.4 is 0 Å². The summed E-state index contributed by atoms with van der Waals surface area (Å²) >= 11 is 0. The standard InChI is InChI=1S/C24H25N5O3S/c1-17-8-10-21(11-9-17)33(30,31)29-14-4-7-20(16-29)24-26-23(27-32-24)19-6-3-5-18(15-19)22-12-13-25-28(22)2/h3,5-6,8-13,15,20H,4,7,14,16H2,1-2H3/t20-/m0/s1. The molecule has 0 radical (unpaired) electrons. The van der Waals surface area contributed by atoms with E-state index in [2.05, 4.69) is 15.2 Å². The van der Waals surface area contributed by atoms with Gasteiger partial charge in [-0.15, -0.1) is 0 Å². The molecule has 1 atom stereocenters. The van der Waals surface area contributed by atoms with Crippen molar-refractivity contribution >= 4 is 10.0 Å². The largest absolute Gasteiger partial charge is 0.339 e. The fourth-order valence-electron chi connectivity index (χ4n) is 4.21. The number of sulfonamides is 1. The molecule has 9 heteroatoms. The van der Waals surface area contributed by atoms with Crippen molar-refractivity contribution in [3.05, 3.63) is 72.2 Å². The van der Waals surface area contributed by atoms with Crippen molar-refractivity contribution in [1.29, 1.82) is 0 Å². The van der Waals surface area contributed by atoms with Crippen molar-refractivity contribution in [3.8, 4) is 22.6 Å². The van der Waals surface area contributed by atoms with E-state index in [1.165, 1.54) is 4.31 Å². The number of hydrogen-bond acceptors (Lipinski definition) is 6. The summed E-state index contributed by atoms with van der Waals surface area (Å²) in [7, 11) is -1.67. The maximum absolute atomic E-state index is 13.1. The second-order valence-electron chi connectivity index (χ2n) is 8.39. The molecule has 1 saturated heterocycles. The summed E-state index contributed by atoms with van der Waals surface area (Å²) in [6.07, 6.45) is 3.30. The Morgan fingerprint density at radius 1 is 1.06 bits per heavy atom. The van der Waals surface area contributed by atoms with Gasteiger partial charge in [0.15, 0.2) is 0 Å². The van der Waals surface area contributed by atoms with Crippen LogP contribution in [0.3, 0.4) is 0 Å². The third-order valence-electron chi connectivity index (χ3n) is 6.07. The SMILES string of the molecule is Cc1ccc(S(=O)(=O)N2CCC[C@H](c3nc(-c4cccc(-c5ccnn5C)c4)no3)C2)cc1. The topological polar surface area (TPSA) is 94.1 Å². The predicted octanol–water partition coefficient (Wildman–Crippen LogP) is 4.01. The average molecular weight is 464 g/mol. The highest BCUT2D eigenvalue weighted by Gasteiger charge is 2.33. The molecule has 2 aromatic carbocycles. The van der Waals surface area contributed by atoms with Gasteiger partial charge in [0.1, 0.15) is 0 Å². The van der Waals surface area contributed by atoms with Crippen LogP contribution in [0, 0.1) is 6.92 Å². The van der Waals surface area contributed by atoms with Gasteiger partial charge >= 0.3 is 0 Å². The molecule has 4 aromatic rings. The molecule has 5 rings (SSSR count). The molecule has 0 unspecified atom stereocenters. The zero-order valence-electron chi connectivity index (χ0n) is 18.5. The van der Waals surface area contributed by atoms with E-state index < -0.39 is 10.0 Å². The highest BCUT2D eigenvalue weighted by Crippen LogP contribution is 2.31. The molecule has 0 bridgehead atoms. The predicted molar refractivity (Wildman–Crippen MR) is 124 cm³/mol. The van der Waals surface area contributed by atoms with Gasteiger partial charge in [0, 0.05) is 37.5 Å². The summed E-state index contributed by atoms with van der Waals surface area (Å²) in [5.74, 6) is 0.827. The van der Waals surface area contributed by atoms with Crippen molar-refractivity contribution in [2.45, 2.75) is 30.6 Å². The van der Waals surface area contributed by atoms with Crippen LogP contribution in [0.4, 0.5) is 0 Å². The lowest BCUT2D eigenvalue weighted by Gasteiger charge is -2.30. The smallest absolute Gasteiger partial charge is 0.243 e. The van der Waals surface area contributed by atoms with Crippen LogP contribution in [0.5, 0.6) is 0 Å². The van der Waals surface area contributed by atoms with Crippen LogP contribution in [-0.2, 0) is 17.1 Å². The normalized spacial score (nSPS) is 17.3. The number of nitrogens with zero attached hydrogens (tertiary/aromatic N) is 5. The lowest BCUT2D eigenvalue weighted by Crippen LogP contribution is -2.39. The lowest BCUT2D eigenvalue weighted by atomic mass is 10.00. The molecule has 0 saturated carbocycles. The molecule has 33 heavy (non-hydrogen) atoms. The van der Waals surface area contributed by atoms with Gasteiger partial charge in [0.25, 0.3) is 0 Å². The molecule has 1 aliphatic heterocycles. The fourth-order valence-corrected chi connectivity index (χ4v) is 5.74. The van der Waals surface area contributed by atoms with E-state index in [4.69, 9.17) is 4.52 Å². The van der Waals surface area contributed by atoms with Crippen LogP contribution in [0.1, 0.15) is 30.2 Å². The quantitative estimate of drug-likeness (QED) is 0.444. The molecule has 1 fully saturated rings. The summed E-state index contributed by atoms with van der Waals surface area (Å²) in [5, 5.41) is 8.41. The Hall–Kier alpha value is -3.30. The third-order valence-corrected chi connectivity index (χ3v) is 7.95. The molecule has 3 heterocycles. The highest BCUT2D eigenvalue weighted by molar-refractivity contribution is 7.89. The van der Waals surface area contributed by atoms with E-state index in [0.717, 1.165) is 35.2 Å². The first kappa shape index (κ1) is 21.5. The molecule has 0 amide bonds. The van der Waals surface area contributed by atoms with E-state index in [9.17, 15) is 8.42 Å². The minimum absolute atomic E-state index is 0.138. The maximum atomic E-state index is 13.1. The Morgan fingerprint density at radius 2 is 1.85 bits per heavy atom. The highest BCUT2D eigenvalue weighted by atomic mass is 32.2. The van der Waals surface area contributed by atoms with E-state index in [-0.39, 0.29) is 5.92 Å². The molecule has 8 nitrogen and oxygen atoms in total. The monoisotopic (exact) mass is 463 g/mol. The third kappa shape index (κ3) is 4.21. The van der Waals surface area contributed by atoms with Crippen LogP contribution in [0.2, 0.25) is 0 Å². The Kier molecular flexibility index (Phi) is 5.59. The van der Waals surface area contributed by atoms with Crippen LogP contribution >= 0.6 is 0 Å². The molecule has 0 spiro atoms. The van der Waals surface area contributed by atoms with E-state index in [1.807, 2.05) is 61.1 Å². The summed E-state index contributed by atoms with van der Waals surface area (Å²) in [5.41, 5.74) is 3.86. The van der Waals surface area contributed by atoms with E-state index >= 15 is 0 Å². The number of benzene rings is 2. The molecular formula is C24H25N5O3S. The van der Waals surface area contributed by atoms with E-state index in [0.29, 0.717) is 29.7 Å². The van der Waals surface area contributed by atoms with Crippen LogP contribution in [0.25, 0.3) is 22.6 Å². The van der Waals surface area contributed by atoms with Crippen LogP contribution in [-0.4, -0.2) is 45.7 Å². The van der Waals surface area contributed by atoms with Crippen LogP contribution in [0.15, 0.2) is 70.2 Å². The zero-order valence-corrected chi connectivity index (χ0v) is 19.4. The first-order valence-electron chi connectivity index (χ1n) is 10.9. The minimum atomic E-state index is -3.56. The number of piperidine rings is 1. The Bertz CT molecular complexity index is 1380. The second kappa shape index (κ2) is 8.57. The molecule has 0 aliphatic carbocycles. The number of aryl methyl sites for hydroxylation is 2. The number of hydrogen-bond donors (Lipinski definition) is 0. The summed E-state index contributed by atoms with van der Waals surface area (Å²) < 4.78 is 35.2. The molecule has 0 N–H and O–H groups in total. The summed E-state index contributed by atoms with van der Waals surface area (Å²) in [4.78, 5) is 4.94. The average Bonchev–Trinajstić information content (AvgIpc) is 3.49. The fraction of sp³-hybridized carbons (Fsp3) is 0.292. The lowest BCUT2D eigenvalue weighted by molar-refractivity contribution is 0.265. The Morgan fingerprint density at radius 3 is 2.61 bits per heavy atom. The van der Waals surface area contributed by atoms with Gasteiger partial charge in [-0.05, 0) is 44.0 Å². The van der Waals surface area contributed by atoms with Crippen molar-refractivity contribution in [1.82, 2.24) is 24.2 Å². The Labute approximate surface area is 192 Å². The van der Waals surface area contributed by atoms with Gasteiger partial charge in [-0.1, -0.05) is 41.1 Å². The van der Waals surface area contributed by atoms with Crippen molar-refractivity contribution in [3.63, 3.8) is 0 Å². The van der Waals surface area contributed by atoms with Crippen molar-refractivity contribution in [2.24, 2.45) is 7.05 Å². The van der Waals surface area contributed by atoms with E-state index in [1.54, 1.807) is 18.3 Å². The zero-order chi connectivity index (χ0) is 23.0. The summed E-state index contributed by atoms with van der Waals surface area (Å²) in [6, 6.07) is 16.8. The van der Waals surface area contributed by atoms with Gasteiger partial charge < -0.3 is 4.52 Å². The van der Waals surface area contributed by atoms with Crippen molar-refractivity contribution < 1.29 is 12.9 Å². The van der Waals surface area contributed by atoms with Gasteiger partial charge in [-0.2, -0.15) is 14.4 Å². The molecule has 170 valence electrons. The Balaban J connectivity index is 1.37. The minimum Gasteiger partial charge on any atom is -0.339 e. The molecular weight excluding hydrogens is 438 g/mol. The second-order valence-corrected chi connectivity index (χ2v) is 10.3. The maximum Gasteiger partial charge on any atom is 0.243 e. The molecule has 2 aromatic heterocycles. The first-order valence-corrected chi connectivity index (χ1v) is 12.3. The summed E-state index contributed by atoms with van der Waals surface area (Å²) in [6.45, 7) is 2.75. The van der Waals surface area contributed by atoms with Gasteiger partial charge in [0.2, 0.25) is 21.7 Å². The van der Waals surface area contributed by atoms with Gasteiger partial charge in [0.05, 0.1) is 16.5 Å².